The third-order valence-corrected chi connectivity index (χ3v) is 3.42. The maximum Gasteiger partial charge on any atom is 0.416 e. The van der Waals surface area contributed by atoms with Crippen molar-refractivity contribution >= 4 is 17.7 Å². The van der Waals surface area contributed by atoms with Crippen LogP contribution in [0, 0.1) is 18.3 Å². The summed E-state index contributed by atoms with van der Waals surface area (Å²) in [6, 6.07) is 5.98. The first-order chi connectivity index (χ1) is 11.7. The molecule has 0 fully saturated rings. The average molecular weight is 348 g/mol. The van der Waals surface area contributed by atoms with E-state index in [1.807, 2.05) is 6.92 Å². The number of hydrogen-bond donors (Lipinski definition) is 1. The van der Waals surface area contributed by atoms with Crippen LogP contribution in [0.25, 0.3) is 6.08 Å². The summed E-state index contributed by atoms with van der Waals surface area (Å²) in [6.45, 7) is 4.26. The maximum atomic E-state index is 12.7. The molecule has 1 aromatic heterocycles. The Morgan fingerprint density at radius 3 is 2.72 bits per heavy atom. The summed E-state index contributed by atoms with van der Waals surface area (Å²) in [6.07, 6.45) is -1.47. The van der Waals surface area contributed by atoms with E-state index in [-0.39, 0.29) is 11.3 Å². The van der Waals surface area contributed by atoms with Gasteiger partial charge in [-0.1, -0.05) is 6.07 Å². The molecular formula is C17H15F3N4O. The molecule has 0 bridgehead atoms. The Hall–Kier alpha value is -3.08. The number of amides is 1. The largest absolute Gasteiger partial charge is 0.416 e. The van der Waals surface area contributed by atoms with E-state index in [2.05, 4.69) is 10.4 Å². The summed E-state index contributed by atoms with van der Waals surface area (Å²) in [5, 5.41) is 15.7. The Bertz CT molecular complexity index is 860. The molecule has 0 spiro atoms. The zero-order valence-electron chi connectivity index (χ0n) is 13.6. The zero-order valence-corrected chi connectivity index (χ0v) is 13.6. The molecule has 25 heavy (non-hydrogen) atoms. The molecule has 0 aliphatic heterocycles. The number of benzene rings is 1. The SMILES string of the molecule is CCn1cc(/C=C(/C#N)C(=O)Nc2cccc(C(F)(F)F)c2)c(C)n1. The lowest BCUT2D eigenvalue weighted by molar-refractivity contribution is -0.137. The number of halogens is 3. The lowest BCUT2D eigenvalue weighted by atomic mass is 10.1. The zero-order chi connectivity index (χ0) is 18.6. The molecule has 1 amide bonds. The summed E-state index contributed by atoms with van der Waals surface area (Å²) in [5.41, 5.74) is 0.0880. The van der Waals surface area contributed by atoms with Crippen LogP contribution in [0.15, 0.2) is 36.0 Å². The van der Waals surface area contributed by atoms with Gasteiger partial charge in [0.2, 0.25) is 0 Å². The van der Waals surface area contributed by atoms with Gasteiger partial charge in [-0.2, -0.15) is 23.5 Å². The molecule has 0 aliphatic rings. The van der Waals surface area contributed by atoms with E-state index in [9.17, 15) is 23.2 Å². The Balaban J connectivity index is 2.25. The second-order valence-corrected chi connectivity index (χ2v) is 5.23. The van der Waals surface area contributed by atoms with Crippen molar-refractivity contribution in [2.24, 2.45) is 0 Å². The van der Waals surface area contributed by atoms with Crippen LogP contribution < -0.4 is 5.32 Å². The molecule has 5 nitrogen and oxygen atoms in total. The van der Waals surface area contributed by atoms with Crippen LogP contribution in [0.3, 0.4) is 0 Å². The number of hydrogen-bond acceptors (Lipinski definition) is 3. The van der Waals surface area contributed by atoms with Gasteiger partial charge in [0.25, 0.3) is 5.91 Å². The van der Waals surface area contributed by atoms with Gasteiger partial charge in [0, 0.05) is 24.0 Å². The minimum Gasteiger partial charge on any atom is -0.321 e. The van der Waals surface area contributed by atoms with Gasteiger partial charge >= 0.3 is 6.18 Å². The second kappa shape index (κ2) is 7.21. The normalized spacial score (nSPS) is 11.9. The van der Waals surface area contributed by atoms with Gasteiger partial charge in [0.1, 0.15) is 11.6 Å². The minimum absolute atomic E-state index is 0.0399. The second-order valence-electron chi connectivity index (χ2n) is 5.23. The van der Waals surface area contributed by atoms with Crippen molar-refractivity contribution < 1.29 is 18.0 Å². The molecule has 8 heteroatoms. The standard InChI is InChI=1S/C17H15F3N4O/c1-3-24-10-13(11(2)23-24)7-12(9-21)16(25)22-15-6-4-5-14(8-15)17(18,19)20/h4-8,10H,3H2,1-2H3,(H,22,25)/b12-7-. The third kappa shape index (κ3) is 4.47. The first kappa shape index (κ1) is 18.3. The van der Waals surface area contributed by atoms with Crippen LogP contribution in [0.5, 0.6) is 0 Å². The van der Waals surface area contributed by atoms with E-state index >= 15 is 0 Å². The average Bonchev–Trinajstić information content (AvgIpc) is 2.92. The summed E-state index contributed by atoms with van der Waals surface area (Å²) in [5.74, 6) is -0.787. The fourth-order valence-electron chi connectivity index (χ4n) is 2.11. The highest BCUT2D eigenvalue weighted by Gasteiger charge is 2.30. The highest BCUT2D eigenvalue weighted by Crippen LogP contribution is 2.30. The van der Waals surface area contributed by atoms with E-state index in [1.165, 1.54) is 18.2 Å². The van der Waals surface area contributed by atoms with Gasteiger partial charge in [0.15, 0.2) is 0 Å². The molecule has 2 rings (SSSR count). The third-order valence-electron chi connectivity index (χ3n) is 3.42. The first-order valence-electron chi connectivity index (χ1n) is 7.39. The molecule has 0 radical (unpaired) electrons. The van der Waals surface area contributed by atoms with Gasteiger partial charge < -0.3 is 5.32 Å². The smallest absolute Gasteiger partial charge is 0.321 e. The molecule has 1 aromatic carbocycles. The topological polar surface area (TPSA) is 70.7 Å². The number of carbonyl (C=O) groups excluding carboxylic acids is 1. The van der Waals surface area contributed by atoms with Gasteiger partial charge in [-0.05, 0) is 38.1 Å². The van der Waals surface area contributed by atoms with E-state index in [4.69, 9.17) is 0 Å². The number of nitrogens with one attached hydrogen (secondary N) is 1. The number of aromatic nitrogens is 2. The van der Waals surface area contributed by atoms with Crippen molar-refractivity contribution in [1.29, 1.82) is 5.26 Å². The number of carbonyl (C=O) groups is 1. The van der Waals surface area contributed by atoms with E-state index in [0.29, 0.717) is 17.8 Å². The number of nitriles is 1. The Morgan fingerprint density at radius 1 is 1.44 bits per heavy atom. The minimum atomic E-state index is -4.51. The van der Waals surface area contributed by atoms with Gasteiger partial charge in [-0.15, -0.1) is 0 Å². The molecule has 0 aliphatic carbocycles. The first-order valence-corrected chi connectivity index (χ1v) is 7.39. The number of aryl methyl sites for hydroxylation is 2. The van der Waals surface area contributed by atoms with E-state index < -0.39 is 17.6 Å². The molecule has 0 saturated heterocycles. The fraction of sp³-hybridized carbons (Fsp3) is 0.235. The van der Waals surface area contributed by atoms with E-state index in [0.717, 1.165) is 12.1 Å². The molecule has 2 aromatic rings. The van der Waals surface area contributed by atoms with Crippen molar-refractivity contribution in [2.45, 2.75) is 26.6 Å². The monoisotopic (exact) mass is 348 g/mol. The summed E-state index contributed by atoms with van der Waals surface area (Å²) < 4.78 is 39.8. The van der Waals surface area contributed by atoms with Crippen molar-refractivity contribution in [1.82, 2.24) is 9.78 Å². The van der Waals surface area contributed by atoms with Crippen molar-refractivity contribution in [3.05, 3.63) is 52.9 Å². The van der Waals surface area contributed by atoms with Gasteiger partial charge in [0.05, 0.1) is 11.3 Å². The van der Waals surface area contributed by atoms with Crippen LogP contribution in [-0.4, -0.2) is 15.7 Å². The number of alkyl halides is 3. The predicted octanol–water partition coefficient (Wildman–Crippen LogP) is 3.78. The quantitative estimate of drug-likeness (QED) is 0.675. The highest BCUT2D eigenvalue weighted by atomic mass is 19.4. The van der Waals surface area contributed by atoms with Crippen molar-refractivity contribution in [2.75, 3.05) is 5.32 Å². The van der Waals surface area contributed by atoms with Gasteiger partial charge in [-0.25, -0.2) is 0 Å². The predicted molar refractivity (Wildman–Crippen MR) is 86.3 cm³/mol. The van der Waals surface area contributed by atoms with Gasteiger partial charge in [-0.3, -0.25) is 9.48 Å². The lowest BCUT2D eigenvalue weighted by Gasteiger charge is -2.09. The molecular weight excluding hydrogens is 333 g/mol. The number of anilines is 1. The lowest BCUT2D eigenvalue weighted by Crippen LogP contribution is -2.14. The van der Waals surface area contributed by atoms with Crippen LogP contribution in [0.1, 0.15) is 23.7 Å². The highest BCUT2D eigenvalue weighted by molar-refractivity contribution is 6.09. The van der Waals surface area contributed by atoms with Crippen molar-refractivity contribution in [3.8, 4) is 6.07 Å². The van der Waals surface area contributed by atoms with Crippen molar-refractivity contribution in [3.63, 3.8) is 0 Å². The number of rotatable bonds is 4. The molecule has 130 valence electrons. The number of nitrogens with zero attached hydrogens (tertiary/aromatic N) is 3. The van der Waals surface area contributed by atoms with Crippen LogP contribution in [-0.2, 0) is 17.5 Å². The summed E-state index contributed by atoms with van der Waals surface area (Å²) in [7, 11) is 0. The maximum absolute atomic E-state index is 12.7. The fourth-order valence-corrected chi connectivity index (χ4v) is 2.11. The molecule has 0 unspecified atom stereocenters. The molecule has 0 atom stereocenters. The Kier molecular flexibility index (Phi) is 5.27. The Morgan fingerprint density at radius 2 is 2.16 bits per heavy atom. The van der Waals surface area contributed by atoms with Crippen LogP contribution in [0.4, 0.5) is 18.9 Å². The summed E-state index contributed by atoms with van der Waals surface area (Å²) >= 11 is 0. The molecule has 1 N–H and O–H groups in total. The van der Waals surface area contributed by atoms with E-state index in [1.54, 1.807) is 23.9 Å². The molecule has 1 heterocycles. The van der Waals surface area contributed by atoms with Crippen LogP contribution >= 0.6 is 0 Å². The van der Waals surface area contributed by atoms with Crippen LogP contribution in [0.2, 0.25) is 0 Å². The Labute approximate surface area is 142 Å². The molecule has 0 saturated carbocycles. The summed E-state index contributed by atoms with van der Waals surface area (Å²) in [4.78, 5) is 12.2.